The Morgan fingerprint density at radius 1 is 0.533 bits per heavy atom. The summed E-state index contributed by atoms with van der Waals surface area (Å²) in [5.41, 5.74) is -2.75. The number of carbonyl (C=O) groups excluding carboxylic acids is 4. The van der Waals surface area contributed by atoms with Crippen LogP contribution in [0.25, 0.3) is 21.5 Å². The number of benzene rings is 3. The number of ether oxygens (including phenoxy) is 2. The number of nitrogens with zero attached hydrogens (tertiary/aromatic N) is 2. The van der Waals surface area contributed by atoms with Gasteiger partial charge in [-0.15, -0.1) is 0 Å². The third-order valence-corrected chi connectivity index (χ3v) is 12.8. The molecule has 0 aliphatic heterocycles. The van der Waals surface area contributed by atoms with Gasteiger partial charge in [-0.3, -0.25) is 47.5 Å². The third kappa shape index (κ3) is 9.90. The van der Waals surface area contributed by atoms with Gasteiger partial charge < -0.3 is 20.1 Å². The molecule has 2 heterocycles. The van der Waals surface area contributed by atoms with E-state index in [0.717, 1.165) is 92.6 Å². The maximum absolute atomic E-state index is 14.2. The summed E-state index contributed by atoms with van der Waals surface area (Å²) in [4.78, 5) is 110. The lowest BCUT2D eigenvalue weighted by Crippen LogP contribution is -2.38. The van der Waals surface area contributed by atoms with E-state index >= 15 is 0 Å². The number of rotatable bonds is 14. The highest BCUT2D eigenvalue weighted by Crippen LogP contribution is 2.26. The van der Waals surface area contributed by atoms with Crippen molar-refractivity contribution in [3.63, 3.8) is 0 Å². The average molecular weight is 1040 g/mol. The summed E-state index contributed by atoms with van der Waals surface area (Å²) in [5.74, 6) is -2.54. The lowest BCUT2D eigenvalue weighted by Gasteiger charge is -2.22. The highest BCUT2D eigenvalue weighted by atomic mass is 127. The third-order valence-electron chi connectivity index (χ3n) is 11.4. The topological polar surface area (TPSA) is 189 Å². The number of nitrogens with one attached hydrogen (secondary N) is 2. The summed E-state index contributed by atoms with van der Waals surface area (Å²) in [7, 11) is 0. The van der Waals surface area contributed by atoms with Crippen LogP contribution < -0.4 is 32.9 Å². The van der Waals surface area contributed by atoms with E-state index in [4.69, 9.17) is 9.47 Å². The van der Waals surface area contributed by atoms with E-state index in [9.17, 15) is 38.4 Å². The van der Waals surface area contributed by atoms with E-state index in [2.05, 4.69) is 55.8 Å². The highest BCUT2D eigenvalue weighted by molar-refractivity contribution is 14.1. The molecule has 2 aromatic heterocycles. The van der Waals surface area contributed by atoms with E-state index in [1.807, 2.05) is 0 Å². The molecule has 0 radical (unpaired) electrons. The minimum Gasteiger partial charge on any atom is -0.462 e. The number of halogens is 2. The predicted octanol–water partition coefficient (Wildman–Crippen LogP) is 6.79. The molecule has 60 heavy (non-hydrogen) atoms. The van der Waals surface area contributed by atoms with Crippen LogP contribution in [0.3, 0.4) is 0 Å². The van der Waals surface area contributed by atoms with Crippen LogP contribution in [-0.4, -0.2) is 45.1 Å². The largest absolute Gasteiger partial charge is 0.462 e. The molecule has 7 rings (SSSR count). The van der Waals surface area contributed by atoms with Gasteiger partial charge in [0.1, 0.15) is 24.3 Å². The summed E-state index contributed by atoms with van der Waals surface area (Å²) >= 11 is 4.23. The van der Waals surface area contributed by atoms with Gasteiger partial charge in [0.05, 0.1) is 21.5 Å². The van der Waals surface area contributed by atoms with Crippen molar-refractivity contribution < 1.29 is 28.7 Å². The van der Waals surface area contributed by atoms with Gasteiger partial charge in [-0.2, -0.15) is 0 Å². The zero-order chi connectivity index (χ0) is 42.5. The summed E-state index contributed by atoms with van der Waals surface area (Å²) in [6, 6.07) is 13.1. The van der Waals surface area contributed by atoms with Gasteiger partial charge in [-0.05, 0) is 170 Å². The molecule has 2 N–H and O–H groups in total. The molecule has 2 unspecified atom stereocenters. The van der Waals surface area contributed by atoms with Crippen LogP contribution in [0.1, 0.15) is 102 Å². The Balaban J connectivity index is 1.23. The van der Waals surface area contributed by atoms with Crippen molar-refractivity contribution in [3.05, 3.63) is 109 Å². The molecule has 0 saturated heterocycles. The Labute approximate surface area is 371 Å². The minimum atomic E-state index is -1.45. The zero-order valence-corrected chi connectivity index (χ0v) is 37.0. The number of aromatic nitrogens is 2. The minimum absolute atomic E-state index is 0.213. The zero-order valence-electron chi connectivity index (χ0n) is 32.7. The number of hydrogen-bond acceptors (Lipinski definition) is 10. The molecule has 5 aromatic rings. The SMILES string of the molecule is O=C(CCC(C(=O)Nc1ccc(I)cc1)n1c(=O)c2cc3c(=O)n(C(CCC(=O)OC4CCCCC4)C(=O)Nc4ccc(I)cc4)c(=O)c3cc2c1=O)OC1CCCCC1. The Kier molecular flexibility index (Phi) is 14.0. The predicted molar refractivity (Wildman–Crippen MR) is 243 cm³/mol. The molecule has 0 bridgehead atoms. The van der Waals surface area contributed by atoms with E-state index in [1.54, 1.807) is 48.5 Å². The van der Waals surface area contributed by atoms with Crippen molar-refractivity contribution in [1.82, 2.24) is 9.13 Å². The lowest BCUT2D eigenvalue weighted by atomic mass is 9.98. The second-order valence-corrected chi connectivity index (χ2v) is 18.0. The smallest absolute Gasteiger partial charge is 0.306 e. The fraction of sp³-hybridized carbons (Fsp3) is 0.409. The first-order valence-corrected chi connectivity index (χ1v) is 22.5. The van der Waals surface area contributed by atoms with Crippen molar-refractivity contribution in [2.24, 2.45) is 0 Å². The van der Waals surface area contributed by atoms with E-state index in [-0.39, 0.29) is 59.4 Å². The van der Waals surface area contributed by atoms with Crippen LogP contribution in [0.2, 0.25) is 0 Å². The molecule has 0 spiro atoms. The number of esters is 2. The van der Waals surface area contributed by atoms with Crippen LogP contribution in [0, 0.1) is 7.14 Å². The first kappa shape index (κ1) is 43.4. The fourth-order valence-corrected chi connectivity index (χ4v) is 8.93. The monoisotopic (exact) mass is 1040 g/mol. The van der Waals surface area contributed by atoms with Gasteiger partial charge in [-0.25, -0.2) is 0 Å². The summed E-state index contributed by atoms with van der Waals surface area (Å²) in [6.45, 7) is 0. The summed E-state index contributed by atoms with van der Waals surface area (Å²) in [5, 5.41) is 4.63. The van der Waals surface area contributed by atoms with Crippen LogP contribution in [-0.2, 0) is 28.7 Å². The molecule has 2 atom stereocenters. The fourth-order valence-electron chi connectivity index (χ4n) is 8.21. The van der Waals surface area contributed by atoms with Gasteiger partial charge in [-0.1, -0.05) is 12.8 Å². The molecule has 314 valence electrons. The van der Waals surface area contributed by atoms with Crippen LogP contribution in [0.5, 0.6) is 0 Å². The first-order chi connectivity index (χ1) is 28.9. The van der Waals surface area contributed by atoms with Gasteiger partial charge in [0.2, 0.25) is 11.8 Å². The second-order valence-electron chi connectivity index (χ2n) is 15.5. The number of hydrogen-bond donors (Lipinski definition) is 2. The molecule has 2 aliphatic rings. The Bertz CT molecular complexity index is 2360. The molecule has 14 nitrogen and oxygen atoms in total. The Morgan fingerprint density at radius 3 is 1.17 bits per heavy atom. The molecular weight excluding hydrogens is 998 g/mol. The standard InChI is InChI=1S/C44H44I2N4O10/c45-25-11-15-27(16-12-25)47-39(53)35(19-21-37(51)59-29-7-3-1-4-8-29)49-41(55)31-23-33-34(24-32(31)42(49)56)44(58)50(43(33)57)36(40(54)48-28-17-13-26(46)14-18-28)20-22-38(52)60-30-9-5-2-6-10-30/h11-18,23-24,29-30,35-36H,1-10,19-22H2,(H,47,53)(H,48,54). The maximum atomic E-state index is 14.2. The quantitative estimate of drug-likeness (QED) is 0.0885. The lowest BCUT2D eigenvalue weighted by molar-refractivity contribution is -0.152. The van der Waals surface area contributed by atoms with Gasteiger partial charge in [0, 0.05) is 31.4 Å². The van der Waals surface area contributed by atoms with E-state index < -0.39 is 58.1 Å². The van der Waals surface area contributed by atoms with Crippen molar-refractivity contribution in [3.8, 4) is 0 Å². The number of anilines is 2. The normalized spacial score (nSPS) is 16.0. The number of fused-ring (bicyclic) bond motifs is 2. The van der Waals surface area contributed by atoms with Gasteiger partial charge in [0.25, 0.3) is 22.2 Å². The first-order valence-electron chi connectivity index (χ1n) is 20.3. The maximum Gasteiger partial charge on any atom is 0.306 e. The van der Waals surface area contributed by atoms with Crippen LogP contribution in [0.15, 0.2) is 79.8 Å². The number of carbonyl (C=O) groups is 4. The van der Waals surface area contributed by atoms with Crippen molar-refractivity contribution in [2.75, 3.05) is 10.6 Å². The molecule has 3 aromatic carbocycles. The Hall–Kier alpha value is -4.72. The van der Waals surface area contributed by atoms with Crippen molar-refractivity contribution in [1.29, 1.82) is 0 Å². The molecule has 2 fully saturated rings. The molecule has 2 amide bonds. The number of amides is 2. The summed E-state index contributed by atoms with van der Waals surface area (Å²) in [6.07, 6.45) is 7.41. The molecular formula is C44H44I2N4O10. The van der Waals surface area contributed by atoms with Crippen LogP contribution in [0.4, 0.5) is 11.4 Å². The summed E-state index contributed by atoms with van der Waals surface area (Å²) < 4.78 is 14.7. The Morgan fingerprint density at radius 2 is 0.850 bits per heavy atom. The highest BCUT2D eigenvalue weighted by Gasteiger charge is 2.32. The second kappa shape index (κ2) is 19.3. The van der Waals surface area contributed by atoms with Gasteiger partial charge >= 0.3 is 11.9 Å². The molecule has 2 saturated carbocycles. The van der Waals surface area contributed by atoms with Crippen LogP contribution >= 0.6 is 45.2 Å². The van der Waals surface area contributed by atoms with Gasteiger partial charge in [0.15, 0.2) is 0 Å². The average Bonchev–Trinajstić information content (AvgIpc) is 3.62. The van der Waals surface area contributed by atoms with E-state index in [1.165, 1.54) is 0 Å². The van der Waals surface area contributed by atoms with Crippen molar-refractivity contribution >= 4 is 102 Å². The molecule has 16 heteroatoms. The van der Waals surface area contributed by atoms with Crippen molar-refractivity contribution in [2.45, 2.75) is 114 Å². The van der Waals surface area contributed by atoms with E-state index in [0.29, 0.717) is 11.4 Å². The molecule has 2 aliphatic carbocycles.